The fourth-order valence-electron chi connectivity index (χ4n) is 8.04. The summed E-state index contributed by atoms with van der Waals surface area (Å²) in [5.74, 6) is 0.209. The lowest BCUT2D eigenvalue weighted by molar-refractivity contribution is -0.309. The number of benzene rings is 2. The van der Waals surface area contributed by atoms with Gasteiger partial charge in [0, 0.05) is 115 Å². The molecular formula is C41H54F14N6O3. The summed E-state index contributed by atoms with van der Waals surface area (Å²) in [6, 6.07) is 12.4. The molecule has 6 rings (SSSR count). The number of anilines is 2. The van der Waals surface area contributed by atoms with Crippen molar-refractivity contribution >= 4 is 17.5 Å². The van der Waals surface area contributed by atoms with E-state index in [1.54, 1.807) is 0 Å². The number of nitrogens with zero attached hydrogens (tertiary/aromatic N) is 5. The summed E-state index contributed by atoms with van der Waals surface area (Å²) in [6.07, 6.45) is -31.0. The van der Waals surface area contributed by atoms with Crippen LogP contribution >= 0.6 is 0 Å². The molecule has 2 N–H and O–H groups in total. The molecule has 0 aliphatic carbocycles. The maximum atomic E-state index is 13.1. The van der Waals surface area contributed by atoms with Gasteiger partial charge in [0.05, 0.1) is 13.3 Å². The van der Waals surface area contributed by atoms with Crippen LogP contribution in [0.25, 0.3) is 0 Å². The van der Waals surface area contributed by atoms with Crippen molar-refractivity contribution in [3.05, 3.63) is 58.7 Å². The number of amides is 1. The zero-order valence-corrected chi connectivity index (χ0v) is 35.3. The highest BCUT2D eigenvalue weighted by Crippen LogP contribution is 2.37. The highest BCUT2D eigenvalue weighted by molar-refractivity contribution is 5.68. The molecule has 0 saturated carbocycles. The Hall–Kier alpha value is -3.83. The van der Waals surface area contributed by atoms with Crippen LogP contribution in [0, 0.1) is 25.7 Å². The van der Waals surface area contributed by atoms with Crippen molar-refractivity contribution in [2.24, 2.45) is 11.8 Å². The Morgan fingerprint density at radius 2 is 1.05 bits per heavy atom. The van der Waals surface area contributed by atoms with Gasteiger partial charge in [-0.2, -0.15) is 52.7 Å². The van der Waals surface area contributed by atoms with Gasteiger partial charge < -0.3 is 29.9 Å². The number of ether oxygens (including phenoxy) is 1. The van der Waals surface area contributed by atoms with Gasteiger partial charge in [-0.3, -0.25) is 18.6 Å². The van der Waals surface area contributed by atoms with Crippen LogP contribution in [0.3, 0.4) is 0 Å². The smallest absolute Gasteiger partial charge is 0.426 e. The quantitative estimate of drug-likeness (QED) is 0.244. The van der Waals surface area contributed by atoms with E-state index in [-0.39, 0.29) is 51.4 Å². The molecule has 23 heteroatoms. The summed E-state index contributed by atoms with van der Waals surface area (Å²) < 4.78 is 171. The molecule has 0 spiro atoms. The Balaban J connectivity index is 0.000000245. The van der Waals surface area contributed by atoms with Crippen molar-refractivity contribution in [2.45, 2.75) is 76.7 Å². The molecule has 0 aromatic heterocycles. The molecule has 9 nitrogen and oxygen atoms in total. The minimum Gasteiger partial charge on any atom is -0.426 e. The number of aliphatic hydroxyl groups is 1. The minimum absolute atomic E-state index is 0.00997. The minimum atomic E-state index is -5.74. The van der Waals surface area contributed by atoms with E-state index in [1.807, 2.05) is 30.0 Å². The van der Waals surface area contributed by atoms with Gasteiger partial charge in [-0.05, 0) is 48.9 Å². The van der Waals surface area contributed by atoms with Crippen molar-refractivity contribution in [1.29, 1.82) is 0 Å². The third kappa shape index (κ3) is 15.1. The first-order chi connectivity index (χ1) is 29.8. The lowest BCUT2D eigenvalue weighted by Crippen LogP contribution is -2.52. The zero-order valence-electron chi connectivity index (χ0n) is 35.3. The van der Waals surface area contributed by atoms with Gasteiger partial charge in [0.15, 0.2) is 0 Å². The Morgan fingerprint density at radius 3 is 1.39 bits per heavy atom. The Labute approximate surface area is 362 Å². The molecule has 2 aromatic rings. The number of aryl methyl sites for hydroxylation is 2. The average molecular weight is 945 g/mol. The highest BCUT2D eigenvalue weighted by Gasteiger charge is 2.60. The zero-order chi connectivity index (χ0) is 47.6. The lowest BCUT2D eigenvalue weighted by atomic mass is 10.1. The van der Waals surface area contributed by atoms with Crippen molar-refractivity contribution in [3.8, 4) is 0 Å². The molecule has 0 radical (unpaired) electrons. The van der Waals surface area contributed by atoms with E-state index in [9.17, 15) is 66.3 Å². The first-order valence-electron chi connectivity index (χ1n) is 20.7. The molecule has 4 heterocycles. The number of piperazine rings is 2. The van der Waals surface area contributed by atoms with E-state index in [4.69, 9.17) is 5.11 Å². The number of aliphatic hydroxyl groups excluding tert-OH is 1. The fourth-order valence-corrected chi connectivity index (χ4v) is 8.04. The van der Waals surface area contributed by atoms with Crippen LogP contribution < -0.4 is 15.1 Å². The van der Waals surface area contributed by atoms with E-state index < -0.39 is 43.0 Å². The number of nitrogens with one attached hydrogen (secondary N) is 1. The summed E-state index contributed by atoms with van der Waals surface area (Å²) in [5.41, 5.74) is 7.14. The predicted octanol–water partition coefficient (Wildman–Crippen LogP) is 8.21. The Bertz CT molecular complexity index is 1740. The maximum Gasteiger partial charge on any atom is 0.434 e. The highest BCUT2D eigenvalue weighted by atomic mass is 19.4. The number of alkyl halides is 14. The number of para-hydroxylation sites is 2. The van der Waals surface area contributed by atoms with Crippen molar-refractivity contribution in [3.63, 3.8) is 0 Å². The first kappa shape index (κ1) is 52.8. The van der Waals surface area contributed by atoms with Gasteiger partial charge in [0.2, 0.25) is 6.10 Å². The predicted molar refractivity (Wildman–Crippen MR) is 210 cm³/mol. The summed E-state index contributed by atoms with van der Waals surface area (Å²) in [4.78, 5) is 21.8. The molecule has 0 bridgehead atoms. The Kier molecular flexibility index (Phi) is 18.6. The molecule has 64 heavy (non-hydrogen) atoms. The van der Waals surface area contributed by atoms with Crippen molar-refractivity contribution < 1.29 is 76.1 Å². The van der Waals surface area contributed by atoms with Crippen LogP contribution in [0.5, 0.6) is 0 Å². The van der Waals surface area contributed by atoms with E-state index in [2.05, 4.69) is 49.9 Å². The molecule has 0 unspecified atom stereocenters. The van der Waals surface area contributed by atoms with Crippen LogP contribution in [0.2, 0.25) is 0 Å². The van der Waals surface area contributed by atoms with Crippen LogP contribution in [0.1, 0.15) is 35.1 Å². The van der Waals surface area contributed by atoms with Gasteiger partial charge in [0.1, 0.15) is 0 Å². The van der Waals surface area contributed by atoms with E-state index in [0.717, 1.165) is 86.9 Å². The molecule has 364 valence electrons. The second kappa shape index (κ2) is 22.6. The second-order valence-electron chi connectivity index (χ2n) is 16.3. The number of hydrogen-bond acceptors (Lipinski definition) is 8. The third-order valence-corrected chi connectivity index (χ3v) is 11.3. The third-order valence-electron chi connectivity index (χ3n) is 11.3. The van der Waals surface area contributed by atoms with Gasteiger partial charge in [0.25, 0.3) is 6.10 Å². The molecule has 4 saturated heterocycles. The lowest BCUT2D eigenvalue weighted by Gasteiger charge is -2.36. The number of rotatable bonds is 9. The normalized spacial score (nSPS) is 20.6. The van der Waals surface area contributed by atoms with E-state index in [0.29, 0.717) is 13.1 Å². The number of hydrogen-bond donors (Lipinski definition) is 2. The van der Waals surface area contributed by atoms with Crippen LogP contribution in [-0.2, 0) is 17.8 Å². The fraction of sp³-hybridized carbons (Fsp3) is 0.683. The number of carbonyl (C=O) groups is 1. The van der Waals surface area contributed by atoms with Crippen LogP contribution in [0.4, 0.5) is 77.6 Å². The Morgan fingerprint density at radius 1 is 0.641 bits per heavy atom. The van der Waals surface area contributed by atoms with Gasteiger partial charge in [-0.15, -0.1) is 0 Å². The van der Waals surface area contributed by atoms with Crippen molar-refractivity contribution in [2.75, 3.05) is 102 Å². The van der Waals surface area contributed by atoms with Gasteiger partial charge >= 0.3 is 30.8 Å². The SMILES string of the molecule is Cc1cccc(CN2CCN(C(=O)OC(C(F)(F)F)C(F)(F)F)CC2)c1N1CC[C@H](CF)C1.Cc1cccc(CN2CCNCC2)c1N1CC[C@H](CF)C1.OC(C(F)(F)F)C(F)(F)F. The summed E-state index contributed by atoms with van der Waals surface area (Å²) in [5, 5.41) is 10.9. The molecule has 2 atom stereocenters. The summed E-state index contributed by atoms with van der Waals surface area (Å²) in [7, 11) is 0. The summed E-state index contributed by atoms with van der Waals surface area (Å²) in [6.45, 7) is 13.1. The molecule has 1 amide bonds. The number of carbonyl (C=O) groups excluding carboxylic acids is 1. The largest absolute Gasteiger partial charge is 0.434 e. The van der Waals surface area contributed by atoms with Crippen molar-refractivity contribution in [1.82, 2.24) is 20.0 Å². The molecule has 2 aromatic carbocycles. The first-order valence-corrected chi connectivity index (χ1v) is 20.7. The van der Waals surface area contributed by atoms with Crippen LogP contribution in [0.15, 0.2) is 36.4 Å². The molecule has 4 aliphatic rings. The monoisotopic (exact) mass is 944 g/mol. The van der Waals surface area contributed by atoms with E-state index in [1.165, 1.54) is 16.8 Å². The maximum absolute atomic E-state index is 13.1. The van der Waals surface area contributed by atoms with Gasteiger partial charge in [-0.25, -0.2) is 4.79 Å². The molecule has 4 aliphatic heterocycles. The van der Waals surface area contributed by atoms with Gasteiger partial charge in [-0.1, -0.05) is 36.4 Å². The standard InChI is InChI=1S/C21H26F7N3O2.C17H26FN3.C3H2F6O/c1-14-3-2-4-16(17(14)31-6-5-15(11-22)12-31)13-29-7-9-30(10-8-29)19(32)33-18(20(23,24)25)21(26,27)28;1-14-3-2-4-16(13-20-9-6-19-7-10-20)17(14)21-8-5-15(11-18)12-21;4-2(5,6)1(10)3(7,8)9/h2-4,15,18H,5-13H2,1H3;2-4,15,19H,5-13H2,1H3;1,10H/t2*15-;/m11./s1. The van der Waals surface area contributed by atoms with E-state index >= 15 is 0 Å². The van der Waals surface area contributed by atoms with Crippen LogP contribution in [-0.4, -0.2) is 155 Å². The molecule has 4 fully saturated rings. The topological polar surface area (TPSA) is 74.8 Å². The summed E-state index contributed by atoms with van der Waals surface area (Å²) >= 11 is 0. The number of halogens is 14. The average Bonchev–Trinajstić information content (AvgIpc) is 3.90. The second-order valence-corrected chi connectivity index (χ2v) is 16.3. The molecular weight excluding hydrogens is 890 g/mol.